The lowest BCUT2D eigenvalue weighted by Crippen LogP contribution is -2.29. The Kier molecular flexibility index (Phi) is 1.56. The molecule has 1 spiro atoms. The zero-order valence-electron chi connectivity index (χ0n) is 9.94. The van der Waals surface area contributed by atoms with Crippen LogP contribution in [-0.2, 0) is 0 Å². The Hall–Kier alpha value is -0.0400. The van der Waals surface area contributed by atoms with Gasteiger partial charge in [-0.2, -0.15) is 0 Å². The van der Waals surface area contributed by atoms with Crippen LogP contribution in [0.2, 0.25) is 0 Å². The Morgan fingerprint density at radius 1 is 1.08 bits per heavy atom. The lowest BCUT2D eigenvalue weighted by molar-refractivity contribution is 0.248. The van der Waals surface area contributed by atoms with Crippen LogP contribution in [0.25, 0.3) is 0 Å². The fourth-order valence-corrected chi connectivity index (χ4v) is 3.02. The van der Waals surface area contributed by atoms with Crippen molar-refractivity contribution in [2.45, 2.75) is 59.0 Å². The predicted molar refractivity (Wildman–Crippen MR) is 56.8 cm³/mol. The van der Waals surface area contributed by atoms with Gasteiger partial charge >= 0.3 is 0 Å². The highest BCUT2D eigenvalue weighted by atomic mass is 15.4. The molecule has 0 amide bonds. The molecule has 1 aliphatic heterocycles. The van der Waals surface area contributed by atoms with Gasteiger partial charge in [-0.15, -0.1) is 0 Å². The molecule has 1 heteroatoms. The van der Waals surface area contributed by atoms with Gasteiger partial charge in [0.25, 0.3) is 0 Å². The Morgan fingerprint density at radius 3 is 1.85 bits per heavy atom. The van der Waals surface area contributed by atoms with Crippen LogP contribution in [0.5, 0.6) is 0 Å². The summed E-state index contributed by atoms with van der Waals surface area (Å²) in [6.07, 6.45) is 1.44. The molecule has 0 bridgehead atoms. The first-order valence-corrected chi connectivity index (χ1v) is 5.46. The molecule has 0 aromatic rings. The van der Waals surface area contributed by atoms with Gasteiger partial charge in [0.05, 0.1) is 0 Å². The number of nitrogens with zero attached hydrogens (tertiary/aromatic N) is 1. The van der Waals surface area contributed by atoms with Gasteiger partial charge in [0.1, 0.15) is 0 Å². The summed E-state index contributed by atoms with van der Waals surface area (Å²) < 4.78 is 0. The van der Waals surface area contributed by atoms with E-state index in [1.54, 1.807) is 0 Å². The molecular formula is C12H23N. The van der Waals surface area contributed by atoms with E-state index in [1.165, 1.54) is 13.0 Å². The average molecular weight is 181 g/mol. The van der Waals surface area contributed by atoms with Gasteiger partial charge in [0.15, 0.2) is 0 Å². The van der Waals surface area contributed by atoms with Gasteiger partial charge in [-0.05, 0) is 38.5 Å². The van der Waals surface area contributed by atoms with Gasteiger partial charge in [-0.3, -0.25) is 4.90 Å². The van der Waals surface area contributed by atoms with Crippen molar-refractivity contribution in [3.63, 3.8) is 0 Å². The zero-order chi connectivity index (χ0) is 10.1. The third-order valence-electron chi connectivity index (χ3n) is 3.77. The molecule has 1 saturated carbocycles. The van der Waals surface area contributed by atoms with Gasteiger partial charge in [-0.1, -0.05) is 20.8 Å². The fourth-order valence-electron chi connectivity index (χ4n) is 3.02. The molecule has 3 atom stereocenters. The van der Waals surface area contributed by atoms with Crippen molar-refractivity contribution in [2.24, 2.45) is 11.3 Å². The van der Waals surface area contributed by atoms with Crippen molar-refractivity contribution in [3.8, 4) is 0 Å². The predicted octanol–water partition coefficient (Wildman–Crippen LogP) is 2.91. The summed E-state index contributed by atoms with van der Waals surface area (Å²) in [7, 11) is 0. The Morgan fingerprint density at radius 2 is 1.62 bits per heavy atom. The number of hydrogen-bond donors (Lipinski definition) is 0. The molecule has 2 rings (SSSR count). The highest BCUT2D eigenvalue weighted by molar-refractivity contribution is 5.28. The Labute approximate surface area is 82.5 Å². The van der Waals surface area contributed by atoms with Crippen LogP contribution in [0.4, 0.5) is 0 Å². The maximum Gasteiger partial charge on any atom is 0.0380 e. The summed E-state index contributed by atoms with van der Waals surface area (Å²) in [5.74, 6) is 0.944. The van der Waals surface area contributed by atoms with E-state index in [9.17, 15) is 0 Å². The second kappa shape index (κ2) is 2.13. The van der Waals surface area contributed by atoms with Crippen molar-refractivity contribution in [2.75, 3.05) is 6.54 Å². The zero-order valence-corrected chi connectivity index (χ0v) is 9.94. The van der Waals surface area contributed by atoms with E-state index < -0.39 is 0 Å². The van der Waals surface area contributed by atoms with Crippen molar-refractivity contribution >= 4 is 0 Å². The van der Waals surface area contributed by atoms with E-state index in [4.69, 9.17) is 0 Å². The Balaban J connectivity index is 2.02. The SMILES string of the molecule is CC(C)(C)C1CC12CN2C(C)(C)C. The molecule has 13 heavy (non-hydrogen) atoms. The standard InChI is InChI=1S/C12H23N/c1-10(2,3)9-7-12(9)8-13(12)11(4,5)6/h9H,7-8H2,1-6H3. The number of rotatable bonds is 0. The van der Waals surface area contributed by atoms with Crippen LogP contribution in [0.15, 0.2) is 0 Å². The molecule has 1 heterocycles. The maximum absolute atomic E-state index is 2.68. The second-order valence-corrected chi connectivity index (χ2v) is 6.98. The monoisotopic (exact) mass is 181 g/mol. The molecule has 2 aliphatic rings. The normalized spacial score (nSPS) is 43.8. The van der Waals surface area contributed by atoms with Gasteiger partial charge in [0, 0.05) is 17.6 Å². The molecule has 0 N–H and O–H groups in total. The number of hydrogen-bond acceptors (Lipinski definition) is 1. The van der Waals surface area contributed by atoms with E-state index in [2.05, 4.69) is 46.4 Å². The van der Waals surface area contributed by atoms with Crippen LogP contribution < -0.4 is 0 Å². The largest absolute Gasteiger partial charge is 0.289 e. The van der Waals surface area contributed by atoms with Crippen molar-refractivity contribution < 1.29 is 0 Å². The third kappa shape index (κ3) is 1.32. The van der Waals surface area contributed by atoms with E-state index in [-0.39, 0.29) is 0 Å². The van der Waals surface area contributed by atoms with Crippen molar-refractivity contribution in [1.29, 1.82) is 0 Å². The highest BCUT2D eigenvalue weighted by Crippen LogP contribution is 2.67. The van der Waals surface area contributed by atoms with Crippen LogP contribution >= 0.6 is 0 Å². The minimum Gasteiger partial charge on any atom is -0.289 e. The van der Waals surface area contributed by atoms with E-state index >= 15 is 0 Å². The topological polar surface area (TPSA) is 3.01 Å². The lowest BCUT2D eigenvalue weighted by Gasteiger charge is -2.24. The molecule has 2 fully saturated rings. The summed E-state index contributed by atoms with van der Waals surface area (Å²) in [4.78, 5) is 2.68. The Bertz CT molecular complexity index is 202. The first kappa shape index (κ1) is 9.51. The molecular weight excluding hydrogens is 158 g/mol. The summed E-state index contributed by atoms with van der Waals surface area (Å²) in [6, 6.07) is 0. The second-order valence-electron chi connectivity index (χ2n) is 6.98. The summed E-state index contributed by atoms with van der Waals surface area (Å²) in [5.41, 5.74) is 1.54. The molecule has 3 unspecified atom stereocenters. The molecule has 1 aliphatic carbocycles. The quantitative estimate of drug-likeness (QED) is 0.519. The molecule has 0 aromatic carbocycles. The molecule has 0 aromatic heterocycles. The summed E-state index contributed by atoms with van der Waals surface area (Å²) in [5, 5.41) is 0. The summed E-state index contributed by atoms with van der Waals surface area (Å²) in [6.45, 7) is 15.5. The van der Waals surface area contributed by atoms with Crippen molar-refractivity contribution in [1.82, 2.24) is 4.90 Å². The van der Waals surface area contributed by atoms with Crippen molar-refractivity contribution in [3.05, 3.63) is 0 Å². The highest BCUT2D eigenvalue weighted by Gasteiger charge is 2.73. The maximum atomic E-state index is 2.68. The molecule has 1 saturated heterocycles. The van der Waals surface area contributed by atoms with E-state index in [1.807, 2.05) is 0 Å². The van der Waals surface area contributed by atoms with Gasteiger partial charge < -0.3 is 0 Å². The fraction of sp³-hybridized carbons (Fsp3) is 1.00. The van der Waals surface area contributed by atoms with Crippen LogP contribution in [-0.4, -0.2) is 22.5 Å². The minimum atomic E-state index is 0.389. The van der Waals surface area contributed by atoms with E-state index in [0.29, 0.717) is 16.5 Å². The van der Waals surface area contributed by atoms with Crippen LogP contribution in [0.1, 0.15) is 48.0 Å². The molecule has 76 valence electrons. The summed E-state index contributed by atoms with van der Waals surface area (Å²) >= 11 is 0. The smallest absolute Gasteiger partial charge is 0.0380 e. The van der Waals surface area contributed by atoms with Crippen LogP contribution in [0, 0.1) is 11.3 Å². The average Bonchev–Trinajstić information content (AvgIpc) is 2.67. The molecule has 0 radical (unpaired) electrons. The van der Waals surface area contributed by atoms with Gasteiger partial charge in [0.2, 0.25) is 0 Å². The minimum absolute atomic E-state index is 0.389. The first-order valence-electron chi connectivity index (χ1n) is 5.46. The lowest BCUT2D eigenvalue weighted by atomic mass is 9.88. The van der Waals surface area contributed by atoms with E-state index in [0.717, 1.165) is 5.92 Å². The van der Waals surface area contributed by atoms with Gasteiger partial charge in [-0.25, -0.2) is 0 Å². The molecule has 1 nitrogen and oxygen atoms in total. The third-order valence-corrected chi connectivity index (χ3v) is 3.77. The first-order chi connectivity index (χ1) is 5.68. The van der Waals surface area contributed by atoms with Crippen LogP contribution in [0.3, 0.4) is 0 Å².